The molecule has 4 rings (SSSR count). The number of benzene rings is 2. The Labute approximate surface area is 190 Å². The molecule has 3 aromatic rings. The Balaban J connectivity index is 1.21. The molecule has 1 aliphatic rings. The Morgan fingerprint density at radius 3 is 2.50 bits per heavy atom. The van der Waals surface area contributed by atoms with Crippen LogP contribution in [0.15, 0.2) is 60.9 Å². The molecule has 6 nitrogen and oxygen atoms in total. The van der Waals surface area contributed by atoms with Gasteiger partial charge in [-0.25, -0.2) is 4.98 Å². The van der Waals surface area contributed by atoms with Gasteiger partial charge in [-0.05, 0) is 61.7 Å². The Hall–Kier alpha value is -3.12. The fourth-order valence-electron chi connectivity index (χ4n) is 4.25. The average molecular weight is 433 g/mol. The van der Waals surface area contributed by atoms with Crippen LogP contribution in [-0.2, 0) is 24.4 Å². The number of methoxy groups -OCH3 is 1. The number of aryl methyl sites for hydroxylation is 1. The summed E-state index contributed by atoms with van der Waals surface area (Å²) in [7, 11) is 1.69. The van der Waals surface area contributed by atoms with Crippen molar-refractivity contribution in [3.63, 3.8) is 0 Å². The number of nitrogens with zero attached hydrogens (tertiary/aromatic N) is 3. The van der Waals surface area contributed by atoms with Gasteiger partial charge >= 0.3 is 0 Å². The molecule has 0 saturated carbocycles. The predicted octanol–water partition coefficient (Wildman–Crippen LogP) is 3.78. The molecular weight excluding hydrogens is 400 g/mol. The van der Waals surface area contributed by atoms with E-state index in [1.165, 1.54) is 11.1 Å². The molecular formula is C26H32N4O2. The first-order valence-electron chi connectivity index (χ1n) is 11.3. The number of rotatable bonds is 8. The predicted molar refractivity (Wildman–Crippen MR) is 125 cm³/mol. The van der Waals surface area contributed by atoms with Crippen LogP contribution in [0.25, 0.3) is 0 Å². The van der Waals surface area contributed by atoms with Crippen LogP contribution < -0.4 is 10.1 Å². The summed E-state index contributed by atoms with van der Waals surface area (Å²) >= 11 is 0. The third-order valence-electron chi connectivity index (χ3n) is 6.26. The number of piperidine rings is 1. The monoisotopic (exact) mass is 432 g/mol. The lowest BCUT2D eigenvalue weighted by molar-refractivity contribution is -0.126. The van der Waals surface area contributed by atoms with E-state index in [2.05, 4.69) is 56.2 Å². The van der Waals surface area contributed by atoms with Gasteiger partial charge in [-0.15, -0.1) is 0 Å². The lowest BCUT2D eigenvalue weighted by Gasteiger charge is -2.31. The maximum Gasteiger partial charge on any atom is 0.223 e. The van der Waals surface area contributed by atoms with Gasteiger partial charge in [0, 0.05) is 37.9 Å². The number of likely N-dealkylation sites (tertiary alicyclic amines) is 1. The van der Waals surface area contributed by atoms with Crippen molar-refractivity contribution in [2.75, 3.05) is 20.2 Å². The smallest absolute Gasteiger partial charge is 0.223 e. The van der Waals surface area contributed by atoms with Gasteiger partial charge in [-0.1, -0.05) is 36.4 Å². The molecule has 0 atom stereocenters. The number of aromatic nitrogens is 2. The molecule has 2 aromatic carbocycles. The van der Waals surface area contributed by atoms with E-state index < -0.39 is 0 Å². The molecule has 1 amide bonds. The zero-order valence-corrected chi connectivity index (χ0v) is 19.0. The summed E-state index contributed by atoms with van der Waals surface area (Å²) in [5.41, 5.74) is 3.60. The van der Waals surface area contributed by atoms with Crippen LogP contribution in [0, 0.1) is 12.8 Å². The van der Waals surface area contributed by atoms with E-state index >= 15 is 0 Å². The maximum atomic E-state index is 12.7. The lowest BCUT2D eigenvalue weighted by Crippen LogP contribution is -2.40. The van der Waals surface area contributed by atoms with Crippen molar-refractivity contribution in [2.45, 2.75) is 39.4 Å². The van der Waals surface area contributed by atoms with Crippen molar-refractivity contribution in [1.29, 1.82) is 0 Å². The van der Waals surface area contributed by atoms with Gasteiger partial charge in [0.05, 0.1) is 7.11 Å². The summed E-state index contributed by atoms with van der Waals surface area (Å²) in [4.78, 5) is 19.4. The Kier molecular flexibility index (Phi) is 7.22. The Morgan fingerprint density at radius 1 is 1.06 bits per heavy atom. The van der Waals surface area contributed by atoms with Gasteiger partial charge in [0.15, 0.2) is 0 Å². The molecule has 168 valence electrons. The number of amides is 1. The minimum absolute atomic E-state index is 0.0973. The van der Waals surface area contributed by atoms with Gasteiger partial charge in [0.25, 0.3) is 0 Å². The summed E-state index contributed by atoms with van der Waals surface area (Å²) in [6.07, 6.45) is 5.62. The number of carbonyl (C=O) groups is 1. The second-order valence-electron chi connectivity index (χ2n) is 8.54. The molecule has 0 aliphatic carbocycles. The van der Waals surface area contributed by atoms with Crippen LogP contribution in [0.5, 0.6) is 5.75 Å². The molecule has 1 saturated heterocycles. The van der Waals surface area contributed by atoms with Crippen LogP contribution >= 0.6 is 0 Å². The van der Waals surface area contributed by atoms with Crippen LogP contribution in [-0.4, -0.2) is 40.6 Å². The highest BCUT2D eigenvalue weighted by atomic mass is 16.5. The molecule has 2 heterocycles. The van der Waals surface area contributed by atoms with E-state index in [1.807, 2.05) is 31.5 Å². The molecule has 0 unspecified atom stereocenters. The SMILES string of the molecule is COc1cccc(CN2CCC(C(=O)NCc3ccc(Cn4ccnc4C)cc3)CC2)c1. The first-order chi connectivity index (χ1) is 15.6. The van der Waals surface area contributed by atoms with E-state index in [1.54, 1.807) is 7.11 Å². The number of carbonyl (C=O) groups excluding carboxylic acids is 1. The summed E-state index contributed by atoms with van der Waals surface area (Å²) in [6, 6.07) is 16.6. The average Bonchev–Trinajstić information content (AvgIpc) is 3.23. The van der Waals surface area contributed by atoms with Gasteiger partial charge in [-0.2, -0.15) is 0 Å². The normalized spacial score (nSPS) is 14.9. The van der Waals surface area contributed by atoms with Crippen molar-refractivity contribution in [2.24, 2.45) is 5.92 Å². The molecule has 0 radical (unpaired) electrons. The summed E-state index contributed by atoms with van der Waals surface area (Å²) in [5, 5.41) is 3.13. The minimum atomic E-state index is 0.0973. The number of imidazole rings is 1. The van der Waals surface area contributed by atoms with Crippen molar-refractivity contribution in [1.82, 2.24) is 19.8 Å². The largest absolute Gasteiger partial charge is 0.497 e. The zero-order valence-electron chi connectivity index (χ0n) is 19.0. The van der Waals surface area contributed by atoms with Crippen molar-refractivity contribution in [3.8, 4) is 5.75 Å². The van der Waals surface area contributed by atoms with Gasteiger partial charge in [0.2, 0.25) is 5.91 Å². The lowest BCUT2D eigenvalue weighted by atomic mass is 9.95. The molecule has 0 bridgehead atoms. The van der Waals surface area contributed by atoms with Crippen LogP contribution in [0.2, 0.25) is 0 Å². The fourth-order valence-corrected chi connectivity index (χ4v) is 4.25. The highest BCUT2D eigenvalue weighted by Gasteiger charge is 2.24. The highest BCUT2D eigenvalue weighted by Crippen LogP contribution is 2.21. The number of hydrogen-bond donors (Lipinski definition) is 1. The molecule has 1 aromatic heterocycles. The van der Waals surface area contributed by atoms with E-state index in [0.717, 1.165) is 56.2 Å². The highest BCUT2D eigenvalue weighted by molar-refractivity contribution is 5.78. The summed E-state index contributed by atoms with van der Waals surface area (Å²) < 4.78 is 7.44. The number of ether oxygens (including phenoxy) is 1. The van der Waals surface area contributed by atoms with E-state index in [4.69, 9.17) is 4.74 Å². The van der Waals surface area contributed by atoms with Crippen LogP contribution in [0.4, 0.5) is 0 Å². The Bertz CT molecular complexity index is 1020. The Morgan fingerprint density at radius 2 is 1.81 bits per heavy atom. The van der Waals surface area contributed by atoms with Crippen LogP contribution in [0.3, 0.4) is 0 Å². The summed E-state index contributed by atoms with van der Waals surface area (Å²) in [6.45, 7) is 6.18. The first-order valence-corrected chi connectivity index (χ1v) is 11.3. The quantitative estimate of drug-likeness (QED) is 0.589. The minimum Gasteiger partial charge on any atom is -0.497 e. The molecule has 6 heteroatoms. The zero-order chi connectivity index (χ0) is 22.3. The van der Waals surface area contributed by atoms with Gasteiger partial charge in [-0.3, -0.25) is 9.69 Å². The first kappa shape index (κ1) is 22.1. The topological polar surface area (TPSA) is 59.4 Å². The summed E-state index contributed by atoms with van der Waals surface area (Å²) in [5.74, 6) is 2.17. The van der Waals surface area contributed by atoms with E-state index in [-0.39, 0.29) is 11.8 Å². The van der Waals surface area contributed by atoms with Gasteiger partial charge in [0.1, 0.15) is 11.6 Å². The van der Waals surface area contributed by atoms with E-state index in [0.29, 0.717) is 6.54 Å². The second-order valence-corrected chi connectivity index (χ2v) is 8.54. The molecule has 1 fully saturated rings. The number of nitrogens with one attached hydrogen (secondary N) is 1. The third-order valence-corrected chi connectivity index (χ3v) is 6.26. The molecule has 1 aliphatic heterocycles. The third kappa shape index (κ3) is 5.77. The van der Waals surface area contributed by atoms with Crippen molar-refractivity contribution in [3.05, 3.63) is 83.4 Å². The fraction of sp³-hybridized carbons (Fsp3) is 0.385. The second kappa shape index (κ2) is 10.5. The van der Waals surface area contributed by atoms with Crippen LogP contribution in [0.1, 0.15) is 35.4 Å². The molecule has 32 heavy (non-hydrogen) atoms. The molecule has 1 N–H and O–H groups in total. The maximum absolute atomic E-state index is 12.7. The molecule has 0 spiro atoms. The number of hydrogen-bond acceptors (Lipinski definition) is 4. The van der Waals surface area contributed by atoms with E-state index in [9.17, 15) is 4.79 Å². The standard InChI is InChI=1S/C26H32N4O2/c1-20-27-12-15-30(20)19-22-8-6-21(7-9-22)17-28-26(31)24-10-13-29(14-11-24)18-23-4-3-5-25(16-23)32-2/h3-9,12,15-16,24H,10-11,13-14,17-19H2,1-2H3,(H,28,31). The van der Waals surface area contributed by atoms with Crippen molar-refractivity contribution >= 4 is 5.91 Å². The van der Waals surface area contributed by atoms with Crippen molar-refractivity contribution < 1.29 is 9.53 Å². The van der Waals surface area contributed by atoms with Gasteiger partial charge < -0.3 is 14.6 Å².